The van der Waals surface area contributed by atoms with Crippen LogP contribution in [0.2, 0.25) is 0 Å². The first kappa shape index (κ1) is 22.8. The minimum atomic E-state index is -0.560. The Morgan fingerprint density at radius 3 is 2.31 bits per heavy atom. The average Bonchev–Trinajstić information content (AvgIpc) is 2.76. The lowest BCUT2D eigenvalue weighted by Crippen LogP contribution is -2.50. The predicted molar refractivity (Wildman–Crippen MR) is 118 cm³/mol. The van der Waals surface area contributed by atoms with Crippen LogP contribution >= 0.6 is 11.8 Å². The number of ether oxygens (including phenoxy) is 1. The molecule has 0 bridgehead atoms. The third-order valence-corrected chi connectivity index (χ3v) is 5.78. The van der Waals surface area contributed by atoms with Gasteiger partial charge in [-0.3, -0.25) is 9.59 Å². The molecule has 0 aromatic heterocycles. The third-order valence-electron chi connectivity index (χ3n) is 4.79. The topological polar surface area (TPSA) is 58.6 Å². The van der Waals surface area contributed by atoms with Gasteiger partial charge in [-0.05, 0) is 50.1 Å². The molecular formula is C23H30N2O3S. The first-order valence-electron chi connectivity index (χ1n) is 9.85. The van der Waals surface area contributed by atoms with Gasteiger partial charge in [0.25, 0.3) is 0 Å². The van der Waals surface area contributed by atoms with E-state index in [2.05, 4.69) is 5.32 Å². The van der Waals surface area contributed by atoms with Gasteiger partial charge in [-0.15, -0.1) is 11.8 Å². The maximum atomic E-state index is 13.0. The summed E-state index contributed by atoms with van der Waals surface area (Å²) in [6.07, 6.45) is 0.842. The highest BCUT2D eigenvalue weighted by Crippen LogP contribution is 2.20. The maximum absolute atomic E-state index is 13.0. The summed E-state index contributed by atoms with van der Waals surface area (Å²) >= 11 is 1.48. The van der Waals surface area contributed by atoms with Crippen LogP contribution in [-0.2, 0) is 16.1 Å². The second kappa shape index (κ2) is 11.5. The number of hydrogen-bond acceptors (Lipinski definition) is 4. The highest BCUT2D eigenvalue weighted by molar-refractivity contribution is 8.00. The van der Waals surface area contributed by atoms with Crippen LogP contribution in [0.1, 0.15) is 32.8 Å². The standard InChI is InChI=1S/C23H30N2O3S/c1-5-17(2)24-23(27)18(3)25(15-19-11-13-20(28-4)14-12-19)22(26)16-29-21-9-7-6-8-10-21/h6-14,17-18H,5,15-16H2,1-4H3,(H,24,27). The number of thioether (sulfide) groups is 1. The normalized spacial score (nSPS) is 12.7. The number of amides is 2. The summed E-state index contributed by atoms with van der Waals surface area (Å²) in [5.41, 5.74) is 0.951. The van der Waals surface area contributed by atoms with E-state index in [9.17, 15) is 9.59 Å². The van der Waals surface area contributed by atoms with Crippen molar-refractivity contribution < 1.29 is 14.3 Å². The largest absolute Gasteiger partial charge is 0.497 e. The van der Waals surface area contributed by atoms with Crippen molar-refractivity contribution in [3.63, 3.8) is 0 Å². The SMILES string of the molecule is CCC(C)NC(=O)C(C)N(Cc1ccc(OC)cc1)C(=O)CSc1ccccc1. The van der Waals surface area contributed by atoms with Gasteiger partial charge in [0.2, 0.25) is 11.8 Å². The van der Waals surface area contributed by atoms with Gasteiger partial charge in [-0.25, -0.2) is 0 Å². The van der Waals surface area contributed by atoms with Crippen molar-refractivity contribution >= 4 is 23.6 Å². The monoisotopic (exact) mass is 414 g/mol. The van der Waals surface area contributed by atoms with Crippen LogP contribution in [0.3, 0.4) is 0 Å². The zero-order valence-corrected chi connectivity index (χ0v) is 18.4. The molecular weight excluding hydrogens is 384 g/mol. The van der Waals surface area contributed by atoms with Crippen LogP contribution in [0.5, 0.6) is 5.75 Å². The van der Waals surface area contributed by atoms with Gasteiger partial charge in [0, 0.05) is 17.5 Å². The molecule has 2 aromatic carbocycles. The minimum absolute atomic E-state index is 0.0681. The van der Waals surface area contributed by atoms with E-state index in [0.29, 0.717) is 6.54 Å². The molecule has 2 atom stereocenters. The summed E-state index contributed by atoms with van der Waals surface area (Å²) in [5, 5.41) is 2.98. The van der Waals surface area contributed by atoms with E-state index in [1.807, 2.05) is 68.4 Å². The number of methoxy groups -OCH3 is 1. The molecule has 0 fully saturated rings. The lowest BCUT2D eigenvalue weighted by Gasteiger charge is -2.29. The summed E-state index contributed by atoms with van der Waals surface area (Å²) in [7, 11) is 1.62. The number of nitrogens with one attached hydrogen (secondary N) is 1. The van der Waals surface area contributed by atoms with Gasteiger partial charge in [0.05, 0.1) is 12.9 Å². The molecule has 0 saturated heterocycles. The third kappa shape index (κ3) is 7.13. The molecule has 156 valence electrons. The summed E-state index contributed by atoms with van der Waals surface area (Å²) < 4.78 is 5.20. The minimum Gasteiger partial charge on any atom is -0.497 e. The van der Waals surface area contributed by atoms with Crippen LogP contribution in [0.25, 0.3) is 0 Å². The molecule has 29 heavy (non-hydrogen) atoms. The molecule has 2 unspecified atom stereocenters. The molecule has 0 aliphatic rings. The zero-order chi connectivity index (χ0) is 21.2. The smallest absolute Gasteiger partial charge is 0.242 e. The highest BCUT2D eigenvalue weighted by Gasteiger charge is 2.26. The lowest BCUT2D eigenvalue weighted by molar-refractivity contribution is -0.138. The molecule has 5 nitrogen and oxygen atoms in total. The molecule has 0 spiro atoms. The lowest BCUT2D eigenvalue weighted by atomic mass is 10.1. The van der Waals surface area contributed by atoms with Crippen molar-refractivity contribution in [3.8, 4) is 5.75 Å². The van der Waals surface area contributed by atoms with Crippen LogP contribution < -0.4 is 10.1 Å². The molecule has 6 heteroatoms. The summed E-state index contributed by atoms with van der Waals surface area (Å²) in [6, 6.07) is 16.9. The van der Waals surface area contributed by atoms with E-state index < -0.39 is 6.04 Å². The Balaban J connectivity index is 2.13. The molecule has 0 heterocycles. The molecule has 0 radical (unpaired) electrons. The van der Waals surface area contributed by atoms with Gasteiger partial charge in [0.15, 0.2) is 0 Å². The Hall–Kier alpha value is -2.47. The van der Waals surface area contributed by atoms with Crippen LogP contribution in [-0.4, -0.2) is 41.7 Å². The number of benzene rings is 2. The summed E-state index contributed by atoms with van der Waals surface area (Å²) in [5.74, 6) is 0.836. The quantitative estimate of drug-likeness (QED) is 0.594. The second-order valence-corrected chi connectivity index (χ2v) is 8.01. The maximum Gasteiger partial charge on any atom is 0.242 e. The molecule has 2 aromatic rings. The number of nitrogens with zero attached hydrogens (tertiary/aromatic N) is 1. The Morgan fingerprint density at radius 1 is 1.07 bits per heavy atom. The zero-order valence-electron chi connectivity index (χ0n) is 17.6. The van der Waals surface area contributed by atoms with E-state index >= 15 is 0 Å². The van der Waals surface area contributed by atoms with Crippen LogP contribution in [0.4, 0.5) is 0 Å². The van der Waals surface area contributed by atoms with E-state index in [1.165, 1.54) is 11.8 Å². The Kier molecular flexibility index (Phi) is 9.06. The van der Waals surface area contributed by atoms with Gasteiger partial charge in [0.1, 0.15) is 11.8 Å². The number of hydrogen-bond donors (Lipinski definition) is 1. The fraction of sp³-hybridized carbons (Fsp3) is 0.391. The first-order chi connectivity index (χ1) is 13.9. The highest BCUT2D eigenvalue weighted by atomic mass is 32.2. The fourth-order valence-corrected chi connectivity index (χ4v) is 3.53. The Bertz CT molecular complexity index is 780. The molecule has 0 aliphatic heterocycles. The van der Waals surface area contributed by atoms with Crippen LogP contribution in [0.15, 0.2) is 59.5 Å². The van der Waals surface area contributed by atoms with Crippen molar-refractivity contribution in [2.24, 2.45) is 0 Å². The summed E-state index contributed by atoms with van der Waals surface area (Å²) in [4.78, 5) is 28.4. The molecule has 2 rings (SSSR count). The van der Waals surface area contributed by atoms with Crippen LogP contribution in [0, 0.1) is 0 Å². The van der Waals surface area contributed by atoms with E-state index in [1.54, 1.807) is 18.9 Å². The molecule has 0 saturated carbocycles. The fourth-order valence-electron chi connectivity index (χ4n) is 2.72. The summed E-state index contributed by atoms with van der Waals surface area (Å²) in [6.45, 7) is 6.14. The van der Waals surface area contributed by atoms with Gasteiger partial charge in [-0.1, -0.05) is 37.3 Å². The van der Waals surface area contributed by atoms with E-state index in [-0.39, 0.29) is 23.6 Å². The number of carbonyl (C=O) groups is 2. The molecule has 2 amide bonds. The van der Waals surface area contributed by atoms with E-state index in [4.69, 9.17) is 4.74 Å². The predicted octanol–water partition coefficient (Wildman–Crippen LogP) is 4.12. The van der Waals surface area contributed by atoms with Crippen molar-refractivity contribution in [3.05, 3.63) is 60.2 Å². The van der Waals surface area contributed by atoms with Gasteiger partial charge in [-0.2, -0.15) is 0 Å². The van der Waals surface area contributed by atoms with Crippen molar-refractivity contribution in [2.75, 3.05) is 12.9 Å². The van der Waals surface area contributed by atoms with Crippen molar-refractivity contribution in [1.29, 1.82) is 0 Å². The number of rotatable bonds is 10. The van der Waals surface area contributed by atoms with Crippen molar-refractivity contribution in [1.82, 2.24) is 10.2 Å². The average molecular weight is 415 g/mol. The first-order valence-corrected chi connectivity index (χ1v) is 10.8. The van der Waals surface area contributed by atoms with Gasteiger partial charge >= 0.3 is 0 Å². The Labute approximate surface area is 177 Å². The Morgan fingerprint density at radius 2 is 1.72 bits per heavy atom. The second-order valence-electron chi connectivity index (χ2n) is 6.97. The number of carbonyl (C=O) groups excluding carboxylic acids is 2. The van der Waals surface area contributed by atoms with Crippen molar-refractivity contribution in [2.45, 2.75) is 50.7 Å². The molecule has 0 aliphatic carbocycles. The van der Waals surface area contributed by atoms with E-state index in [0.717, 1.165) is 22.6 Å². The van der Waals surface area contributed by atoms with Gasteiger partial charge < -0.3 is 15.0 Å². The molecule has 1 N–H and O–H groups in total.